The molecule has 4 N–H and O–H groups in total. The van der Waals surface area contributed by atoms with Gasteiger partial charge in [0.15, 0.2) is 0 Å². The number of carboxylic acids is 2. The Morgan fingerprint density at radius 2 is 1.10 bits per heavy atom. The number of unbranched alkanes of at least 4 members (excludes halogenated alkanes) is 15. The molecule has 0 aromatic carbocycles. The first-order valence-electron chi connectivity index (χ1n) is 16.5. The average molecular weight is 596 g/mol. The molecule has 42 heavy (non-hydrogen) atoms. The summed E-state index contributed by atoms with van der Waals surface area (Å²) in [6.45, 7) is 1.03. The largest absolute Gasteiger partial charge is 0.481 e. The number of nitrogens with zero attached hydrogens (tertiary/aromatic N) is 1. The van der Waals surface area contributed by atoms with E-state index in [2.05, 4.69) is 10.6 Å². The van der Waals surface area contributed by atoms with Crippen LogP contribution in [0.15, 0.2) is 0 Å². The van der Waals surface area contributed by atoms with Crippen LogP contribution in [0.1, 0.15) is 141 Å². The highest BCUT2D eigenvalue weighted by Crippen LogP contribution is 2.20. The fraction of sp³-hybridized carbons (Fsp3) is 0.844. The van der Waals surface area contributed by atoms with Gasteiger partial charge in [-0.25, -0.2) is 4.79 Å². The highest BCUT2D eigenvalue weighted by molar-refractivity contribution is 5.86. The Labute approximate surface area is 252 Å². The van der Waals surface area contributed by atoms with E-state index in [0.717, 1.165) is 38.5 Å². The zero-order chi connectivity index (χ0) is 31.0. The van der Waals surface area contributed by atoms with Crippen molar-refractivity contribution in [3.8, 4) is 0 Å². The summed E-state index contributed by atoms with van der Waals surface area (Å²) in [6.07, 6.45) is 20.8. The SMILES string of the molecule is CNC(=O)CC[C@H](NC(=O)C1CCN(C(=O)CCCCCCCCCCCCCCCCCCC(=O)O)CC1)C(=O)O. The Bertz CT molecular complexity index is 797. The maximum Gasteiger partial charge on any atom is 0.326 e. The Morgan fingerprint density at radius 3 is 1.50 bits per heavy atom. The molecule has 1 aliphatic rings. The van der Waals surface area contributed by atoms with E-state index in [0.29, 0.717) is 38.8 Å². The normalized spacial score (nSPS) is 14.4. The van der Waals surface area contributed by atoms with E-state index in [9.17, 15) is 29.1 Å². The second-order valence-electron chi connectivity index (χ2n) is 11.8. The Hall–Kier alpha value is -2.65. The molecule has 0 aliphatic carbocycles. The third kappa shape index (κ3) is 18.7. The third-order valence-corrected chi connectivity index (χ3v) is 8.30. The van der Waals surface area contributed by atoms with E-state index in [1.807, 2.05) is 4.90 Å². The van der Waals surface area contributed by atoms with Gasteiger partial charge in [-0.1, -0.05) is 89.9 Å². The second-order valence-corrected chi connectivity index (χ2v) is 11.8. The van der Waals surface area contributed by atoms with Gasteiger partial charge in [0, 0.05) is 45.3 Å². The summed E-state index contributed by atoms with van der Waals surface area (Å²) < 4.78 is 0. The number of hydrogen-bond donors (Lipinski definition) is 4. The van der Waals surface area contributed by atoms with Crippen LogP contribution in [0.5, 0.6) is 0 Å². The molecule has 242 valence electrons. The number of likely N-dealkylation sites (tertiary alicyclic amines) is 1. The van der Waals surface area contributed by atoms with Gasteiger partial charge in [-0.05, 0) is 32.1 Å². The van der Waals surface area contributed by atoms with Crippen molar-refractivity contribution in [2.24, 2.45) is 5.92 Å². The van der Waals surface area contributed by atoms with E-state index in [-0.39, 0.29) is 36.5 Å². The molecule has 3 amide bonds. The van der Waals surface area contributed by atoms with Crippen molar-refractivity contribution in [2.45, 2.75) is 147 Å². The molecule has 0 unspecified atom stereocenters. The number of carbonyl (C=O) groups is 5. The summed E-state index contributed by atoms with van der Waals surface area (Å²) in [5.74, 6) is -2.60. The lowest BCUT2D eigenvalue weighted by Crippen LogP contribution is -2.47. The molecule has 0 radical (unpaired) electrons. The van der Waals surface area contributed by atoms with Gasteiger partial charge in [-0.2, -0.15) is 0 Å². The third-order valence-electron chi connectivity index (χ3n) is 8.30. The zero-order valence-corrected chi connectivity index (χ0v) is 26.0. The minimum Gasteiger partial charge on any atom is -0.481 e. The first-order valence-corrected chi connectivity index (χ1v) is 16.5. The summed E-state index contributed by atoms with van der Waals surface area (Å²) >= 11 is 0. The van der Waals surface area contributed by atoms with Crippen LogP contribution in [-0.4, -0.2) is 71.0 Å². The number of hydrogen-bond acceptors (Lipinski definition) is 5. The minimum atomic E-state index is -1.15. The minimum absolute atomic E-state index is 0.0310. The predicted octanol–water partition coefficient (Wildman–Crippen LogP) is 5.43. The van der Waals surface area contributed by atoms with E-state index in [4.69, 9.17) is 5.11 Å². The zero-order valence-electron chi connectivity index (χ0n) is 26.0. The van der Waals surface area contributed by atoms with E-state index in [1.165, 1.54) is 71.3 Å². The molecule has 1 heterocycles. The first kappa shape index (κ1) is 37.4. The van der Waals surface area contributed by atoms with E-state index >= 15 is 0 Å². The molecule has 1 aliphatic heterocycles. The lowest BCUT2D eigenvalue weighted by atomic mass is 9.95. The highest BCUT2D eigenvalue weighted by atomic mass is 16.4. The number of carbonyl (C=O) groups excluding carboxylic acids is 3. The van der Waals surface area contributed by atoms with Crippen molar-refractivity contribution in [3.63, 3.8) is 0 Å². The molecule has 10 nitrogen and oxygen atoms in total. The highest BCUT2D eigenvalue weighted by Gasteiger charge is 2.30. The monoisotopic (exact) mass is 595 g/mol. The van der Waals surface area contributed by atoms with Crippen molar-refractivity contribution < 1.29 is 34.2 Å². The summed E-state index contributed by atoms with van der Waals surface area (Å²) in [4.78, 5) is 60.3. The van der Waals surface area contributed by atoms with Crippen LogP contribution in [0.2, 0.25) is 0 Å². The molecule has 1 saturated heterocycles. The summed E-state index contributed by atoms with van der Waals surface area (Å²) in [5.41, 5.74) is 0. The standard InChI is InChI=1S/C32H57N3O7/c1-33-28(36)21-20-27(32(41)42)34-31(40)26-22-24-35(25-23-26)29(37)18-16-14-12-10-8-6-4-2-3-5-7-9-11-13-15-17-19-30(38)39/h26-27H,2-25H2,1H3,(H,33,36)(H,34,40)(H,38,39)(H,41,42)/t27-/m0/s1. The van der Waals surface area contributed by atoms with Gasteiger partial charge < -0.3 is 25.7 Å². The van der Waals surface area contributed by atoms with Crippen molar-refractivity contribution in [1.82, 2.24) is 15.5 Å². The van der Waals surface area contributed by atoms with Gasteiger partial charge in [0.25, 0.3) is 0 Å². The summed E-state index contributed by atoms with van der Waals surface area (Å²) in [7, 11) is 1.48. The van der Waals surface area contributed by atoms with Crippen LogP contribution < -0.4 is 10.6 Å². The van der Waals surface area contributed by atoms with Gasteiger partial charge in [0.2, 0.25) is 17.7 Å². The van der Waals surface area contributed by atoms with Crippen LogP contribution >= 0.6 is 0 Å². The molecular weight excluding hydrogens is 538 g/mol. The Kier molecular flexibility index (Phi) is 21.2. The van der Waals surface area contributed by atoms with Crippen molar-refractivity contribution in [3.05, 3.63) is 0 Å². The second kappa shape index (κ2) is 23.9. The van der Waals surface area contributed by atoms with Crippen molar-refractivity contribution >= 4 is 29.7 Å². The Balaban J connectivity index is 1.98. The molecule has 0 bridgehead atoms. The van der Waals surface area contributed by atoms with Crippen LogP contribution in [0.4, 0.5) is 0 Å². The van der Waals surface area contributed by atoms with Crippen LogP contribution in [-0.2, 0) is 24.0 Å². The van der Waals surface area contributed by atoms with Gasteiger partial charge in [0.1, 0.15) is 6.04 Å². The smallest absolute Gasteiger partial charge is 0.326 e. The molecular formula is C32H57N3O7. The summed E-state index contributed by atoms with van der Waals surface area (Å²) in [5, 5.41) is 23.0. The number of amides is 3. The van der Waals surface area contributed by atoms with Crippen LogP contribution in [0.25, 0.3) is 0 Å². The molecule has 1 atom stereocenters. The molecule has 10 heteroatoms. The molecule has 0 aromatic rings. The van der Waals surface area contributed by atoms with E-state index < -0.39 is 18.0 Å². The first-order chi connectivity index (χ1) is 20.2. The average Bonchev–Trinajstić information content (AvgIpc) is 2.97. The topological polar surface area (TPSA) is 153 Å². The summed E-state index contributed by atoms with van der Waals surface area (Å²) in [6, 6.07) is -1.09. The molecule has 0 saturated carbocycles. The molecule has 0 aromatic heterocycles. The van der Waals surface area contributed by atoms with E-state index in [1.54, 1.807) is 0 Å². The number of aliphatic carboxylic acids is 2. The van der Waals surface area contributed by atoms with Crippen molar-refractivity contribution in [2.75, 3.05) is 20.1 Å². The molecule has 0 spiro atoms. The van der Waals surface area contributed by atoms with Gasteiger partial charge in [-0.3, -0.25) is 19.2 Å². The van der Waals surface area contributed by atoms with Crippen LogP contribution in [0.3, 0.4) is 0 Å². The van der Waals surface area contributed by atoms with Gasteiger partial charge >= 0.3 is 11.9 Å². The molecule has 1 rings (SSSR count). The lowest BCUT2D eigenvalue weighted by Gasteiger charge is -2.32. The fourth-order valence-corrected chi connectivity index (χ4v) is 5.52. The quantitative estimate of drug-likeness (QED) is 0.103. The number of nitrogens with one attached hydrogen (secondary N) is 2. The van der Waals surface area contributed by atoms with Gasteiger partial charge in [-0.15, -0.1) is 0 Å². The molecule has 1 fully saturated rings. The maximum atomic E-state index is 12.6. The number of rotatable bonds is 25. The van der Waals surface area contributed by atoms with Crippen molar-refractivity contribution in [1.29, 1.82) is 0 Å². The van der Waals surface area contributed by atoms with Gasteiger partial charge in [0.05, 0.1) is 0 Å². The number of piperidine rings is 1. The Morgan fingerprint density at radius 1 is 0.667 bits per heavy atom. The predicted molar refractivity (Wildman–Crippen MR) is 163 cm³/mol. The maximum absolute atomic E-state index is 12.6. The van der Waals surface area contributed by atoms with Crippen LogP contribution in [0, 0.1) is 5.92 Å². The number of carboxylic acid groups (broad SMARTS) is 2. The lowest BCUT2D eigenvalue weighted by molar-refractivity contribution is -0.143. The fourth-order valence-electron chi connectivity index (χ4n) is 5.52.